The van der Waals surface area contributed by atoms with Crippen molar-refractivity contribution in [3.05, 3.63) is 52.3 Å². The van der Waals surface area contributed by atoms with Crippen molar-refractivity contribution in [2.24, 2.45) is 0 Å². The van der Waals surface area contributed by atoms with Gasteiger partial charge in [-0.2, -0.15) is 6.04 Å². The quantitative estimate of drug-likeness (QED) is 0.358. The molecule has 7 heteroatoms. The van der Waals surface area contributed by atoms with Crippen molar-refractivity contribution in [3.63, 3.8) is 0 Å². The molecule has 0 spiro atoms. The summed E-state index contributed by atoms with van der Waals surface area (Å²) >= 11 is 1.82. The van der Waals surface area contributed by atoms with Gasteiger partial charge in [-0.25, -0.2) is 8.42 Å². The average Bonchev–Trinajstić information content (AvgIpc) is 2.54. The second kappa shape index (κ2) is 11.3. The average molecular weight is 502 g/mol. The van der Waals surface area contributed by atoms with Crippen LogP contribution in [0.4, 0.5) is 0 Å². The Morgan fingerprint density at radius 1 is 1.15 bits per heavy atom. The summed E-state index contributed by atoms with van der Waals surface area (Å²) in [7, 11) is 1.01. The van der Waals surface area contributed by atoms with Gasteiger partial charge in [0.15, 0.2) is 0 Å². The summed E-state index contributed by atoms with van der Waals surface area (Å²) in [6.45, 7) is 10.4. The molecule has 2 rings (SSSR count). The normalized spacial score (nSPS) is 20.3. The van der Waals surface area contributed by atoms with E-state index in [1.807, 2.05) is 31.2 Å². The summed E-state index contributed by atoms with van der Waals surface area (Å²) in [4.78, 5) is 0. The number of halogens is 1. The SMILES string of the molecule is Cc1cc(C(C)(C)C)cc(C)c1CS(=O)(=O)[N-]C1CCCCC1[NH-].[CH3-].[Cl][Ru+3]. The molecule has 0 saturated heterocycles. The van der Waals surface area contributed by atoms with Crippen LogP contribution in [-0.4, -0.2) is 20.5 Å². The molecule has 1 aromatic carbocycles. The molecule has 1 fully saturated rings. The van der Waals surface area contributed by atoms with Crippen LogP contribution in [0.1, 0.15) is 68.7 Å². The van der Waals surface area contributed by atoms with Crippen LogP contribution in [0.2, 0.25) is 0 Å². The number of benzene rings is 1. The number of nitrogens with one attached hydrogen (secondary N) is 1. The Labute approximate surface area is 180 Å². The number of sulfonamides is 1. The number of hydrogen-bond donors (Lipinski definition) is 0. The fourth-order valence-electron chi connectivity index (χ4n) is 3.32. The molecule has 1 aliphatic rings. The van der Waals surface area contributed by atoms with Crippen LogP contribution in [0.3, 0.4) is 0 Å². The number of hydrogen-bond acceptors (Lipinski definition) is 2. The molecule has 1 N–H and O–H groups in total. The summed E-state index contributed by atoms with van der Waals surface area (Å²) in [5, 5.41) is 0. The van der Waals surface area contributed by atoms with Crippen LogP contribution in [0, 0.1) is 21.3 Å². The zero-order valence-corrected chi connectivity index (χ0v) is 20.6. The van der Waals surface area contributed by atoms with Crippen LogP contribution in [-0.2, 0) is 38.5 Å². The third-order valence-electron chi connectivity index (χ3n) is 4.91. The first kappa shape index (κ1) is 27.0. The molecule has 1 saturated carbocycles. The fraction of sp³-hybridized carbons (Fsp3) is 0.650. The first-order valence-corrected chi connectivity index (χ1v) is 12.7. The Kier molecular flexibility index (Phi) is 11.3. The van der Waals surface area contributed by atoms with Gasteiger partial charge in [-0.15, -0.1) is 6.04 Å². The number of rotatable bonds is 4. The standard InChI is InChI=1S/C19H30N2O2S.CH3.ClH.Ru/c1-13-10-15(19(3,4)5)11-14(2)16(13)12-24(22,23)21-18-9-7-6-8-17(18)20;;;/h10-11,17-18,20H,6-9,12H2,1-5H3;1H3;1H;/q-2;-1;;+4/p-1. The van der Waals surface area contributed by atoms with Gasteiger partial charge in [0, 0.05) is 0 Å². The summed E-state index contributed by atoms with van der Waals surface area (Å²) in [6, 6.07) is 3.44. The molecule has 0 aromatic heterocycles. The molecule has 156 valence electrons. The molecule has 0 aliphatic heterocycles. The molecule has 0 amide bonds. The first-order valence-electron chi connectivity index (χ1n) is 8.89. The van der Waals surface area contributed by atoms with Gasteiger partial charge in [-0.1, -0.05) is 58.6 Å². The van der Waals surface area contributed by atoms with Gasteiger partial charge in [-0.3, -0.25) is 0 Å². The van der Waals surface area contributed by atoms with Gasteiger partial charge in [0.2, 0.25) is 0 Å². The van der Waals surface area contributed by atoms with Crippen molar-refractivity contribution < 1.29 is 25.7 Å². The van der Waals surface area contributed by atoms with E-state index in [9.17, 15) is 8.42 Å². The maximum atomic E-state index is 12.6. The third kappa shape index (κ3) is 8.10. The minimum absolute atomic E-state index is 0. The van der Waals surface area contributed by atoms with E-state index in [1.165, 1.54) is 5.56 Å². The van der Waals surface area contributed by atoms with E-state index < -0.39 is 10.0 Å². The van der Waals surface area contributed by atoms with Crippen molar-refractivity contribution >= 4 is 19.7 Å². The monoisotopic (exact) mass is 502 g/mol. The third-order valence-corrected chi connectivity index (χ3v) is 6.16. The van der Waals surface area contributed by atoms with E-state index in [0.29, 0.717) is 6.42 Å². The van der Waals surface area contributed by atoms with Gasteiger partial charge in [0.05, 0.1) is 15.8 Å². The number of nitrogens with zero attached hydrogens (tertiary/aromatic N) is 1. The van der Waals surface area contributed by atoms with Crippen LogP contribution >= 0.6 is 9.69 Å². The van der Waals surface area contributed by atoms with Crippen molar-refractivity contribution in [3.8, 4) is 0 Å². The van der Waals surface area contributed by atoms with Crippen LogP contribution in [0.15, 0.2) is 12.1 Å². The zero-order chi connectivity index (χ0) is 20.1. The second-order valence-electron chi connectivity index (χ2n) is 8.13. The molecule has 0 radical (unpaired) electrons. The molecule has 2 unspecified atom stereocenters. The molecule has 4 nitrogen and oxygen atoms in total. The van der Waals surface area contributed by atoms with Crippen LogP contribution < -0.4 is 0 Å². The predicted octanol–water partition coefficient (Wildman–Crippen LogP) is 6.31. The molecule has 2 atom stereocenters. The van der Waals surface area contributed by atoms with Crippen LogP contribution in [0.25, 0.3) is 10.5 Å². The molecular weight excluding hydrogens is 469 g/mol. The molecular formula is C20H33ClN2O2RuS. The second-order valence-corrected chi connectivity index (χ2v) is 9.79. The Bertz CT molecular complexity index is 679. The minimum atomic E-state index is -3.56. The van der Waals surface area contributed by atoms with Gasteiger partial charge < -0.3 is 17.9 Å². The van der Waals surface area contributed by atoms with Gasteiger partial charge >= 0.3 is 27.0 Å². The van der Waals surface area contributed by atoms with Gasteiger partial charge in [0.1, 0.15) is 0 Å². The van der Waals surface area contributed by atoms with Crippen molar-refractivity contribution in [1.82, 2.24) is 0 Å². The molecule has 27 heavy (non-hydrogen) atoms. The fourth-order valence-corrected chi connectivity index (χ4v) is 4.88. The Hall–Kier alpha value is 0.00338. The Morgan fingerprint density at radius 2 is 1.63 bits per heavy atom. The summed E-state index contributed by atoms with van der Waals surface area (Å²) < 4.78 is 29.2. The molecule has 0 bridgehead atoms. The summed E-state index contributed by atoms with van der Waals surface area (Å²) in [6.07, 6.45) is 3.44. The van der Waals surface area contributed by atoms with E-state index in [-0.39, 0.29) is 30.7 Å². The van der Waals surface area contributed by atoms with E-state index in [0.717, 1.165) is 36.0 Å². The van der Waals surface area contributed by atoms with E-state index in [1.54, 1.807) is 0 Å². The first-order chi connectivity index (χ1) is 12.0. The molecule has 1 aromatic rings. The summed E-state index contributed by atoms with van der Waals surface area (Å²) in [5.41, 5.74) is 12.1. The molecule has 1 aliphatic carbocycles. The Morgan fingerprint density at radius 3 is 2.07 bits per heavy atom. The van der Waals surface area contributed by atoms with Crippen LogP contribution in [0.5, 0.6) is 0 Å². The predicted molar refractivity (Wildman–Crippen MR) is 113 cm³/mol. The van der Waals surface area contributed by atoms with E-state index in [4.69, 9.17) is 5.73 Å². The topological polar surface area (TPSA) is 72.0 Å². The summed E-state index contributed by atoms with van der Waals surface area (Å²) in [5.74, 6) is -0.0572. The molecule has 0 heterocycles. The number of aryl methyl sites for hydroxylation is 2. The van der Waals surface area contributed by atoms with E-state index >= 15 is 0 Å². The maximum absolute atomic E-state index is 12.6. The zero-order valence-electron chi connectivity index (χ0n) is 17.2. The van der Waals surface area contributed by atoms with Gasteiger partial charge in [-0.05, 0) is 41.5 Å². The van der Waals surface area contributed by atoms with Crippen molar-refractivity contribution in [1.29, 1.82) is 0 Å². The van der Waals surface area contributed by atoms with Gasteiger partial charge in [0.25, 0.3) is 0 Å². The van der Waals surface area contributed by atoms with E-state index in [2.05, 4.69) is 47.3 Å². The van der Waals surface area contributed by atoms with Crippen molar-refractivity contribution in [2.45, 2.75) is 83.6 Å². The Balaban J connectivity index is 0.00000218. The van der Waals surface area contributed by atoms with Crippen molar-refractivity contribution in [2.75, 3.05) is 0 Å².